The number of nitrogens with one attached hydrogen (secondary N) is 1. The van der Waals surface area contributed by atoms with Gasteiger partial charge in [-0.1, -0.05) is 77.5 Å². The maximum absolute atomic E-state index is 14.0. The molecule has 1 aliphatic rings. The zero-order valence-electron chi connectivity index (χ0n) is 21.5. The van der Waals surface area contributed by atoms with E-state index in [1.807, 2.05) is 105 Å². The Morgan fingerprint density at radius 2 is 1.68 bits per heavy atom. The normalized spacial score (nSPS) is 15.3. The van der Waals surface area contributed by atoms with E-state index in [1.165, 1.54) is 11.8 Å². The van der Waals surface area contributed by atoms with E-state index in [4.69, 9.17) is 5.10 Å². The molecule has 1 aromatic heterocycles. The number of fused-ring (bicyclic) bond motifs is 1. The molecule has 37 heavy (non-hydrogen) atoms. The topological polar surface area (TPSA) is 67.2 Å². The molecule has 0 aliphatic carbocycles. The average molecular weight is 511 g/mol. The fraction of sp³-hybridized carbons (Fsp3) is 0.233. The minimum atomic E-state index is -0.846. The molecule has 5 rings (SSSR count). The van der Waals surface area contributed by atoms with Crippen LogP contribution < -0.4 is 10.2 Å². The van der Waals surface area contributed by atoms with Gasteiger partial charge in [-0.15, -0.1) is 0 Å². The number of aromatic nitrogens is 2. The van der Waals surface area contributed by atoms with Gasteiger partial charge in [0, 0.05) is 17.8 Å². The highest BCUT2D eigenvalue weighted by molar-refractivity contribution is 8.00. The predicted molar refractivity (Wildman–Crippen MR) is 148 cm³/mol. The van der Waals surface area contributed by atoms with Gasteiger partial charge in [0.1, 0.15) is 11.1 Å². The van der Waals surface area contributed by atoms with Crippen molar-refractivity contribution < 1.29 is 9.59 Å². The van der Waals surface area contributed by atoms with Crippen molar-refractivity contribution in [3.63, 3.8) is 0 Å². The lowest BCUT2D eigenvalue weighted by Gasteiger charge is -2.31. The van der Waals surface area contributed by atoms with Crippen molar-refractivity contribution in [3.05, 3.63) is 106 Å². The summed E-state index contributed by atoms with van der Waals surface area (Å²) >= 11 is 1.43. The van der Waals surface area contributed by atoms with Crippen LogP contribution in [0.5, 0.6) is 0 Å². The Bertz CT molecular complexity index is 1460. The molecule has 3 aromatic carbocycles. The van der Waals surface area contributed by atoms with Crippen molar-refractivity contribution in [3.8, 4) is 5.69 Å². The van der Waals surface area contributed by atoms with Crippen LogP contribution in [0.4, 0.5) is 5.69 Å². The second-order valence-corrected chi connectivity index (χ2v) is 10.5. The molecule has 2 heterocycles. The van der Waals surface area contributed by atoms with E-state index in [0.717, 1.165) is 49.9 Å². The van der Waals surface area contributed by atoms with E-state index < -0.39 is 6.04 Å². The molecular weight excluding hydrogens is 480 g/mol. The number of hydrogen-bond donors (Lipinski definition) is 1. The number of rotatable bonds is 5. The van der Waals surface area contributed by atoms with Crippen LogP contribution in [-0.2, 0) is 16.1 Å². The van der Waals surface area contributed by atoms with E-state index in [2.05, 4.69) is 5.32 Å². The number of amides is 2. The molecule has 2 amide bonds. The van der Waals surface area contributed by atoms with E-state index >= 15 is 0 Å². The molecule has 1 aliphatic heterocycles. The Labute approximate surface area is 221 Å². The molecule has 7 heteroatoms. The average Bonchev–Trinajstić information content (AvgIpc) is 3.13. The van der Waals surface area contributed by atoms with Crippen molar-refractivity contribution in [2.75, 3.05) is 10.7 Å². The Hall–Kier alpha value is -3.84. The Kier molecular flexibility index (Phi) is 6.89. The molecule has 6 nitrogen and oxygen atoms in total. The minimum absolute atomic E-state index is 0.109. The van der Waals surface area contributed by atoms with Crippen molar-refractivity contribution in [2.24, 2.45) is 0 Å². The summed E-state index contributed by atoms with van der Waals surface area (Å²) in [4.78, 5) is 29.4. The number of para-hydroxylation sites is 1. The van der Waals surface area contributed by atoms with Gasteiger partial charge in [0.25, 0.3) is 0 Å². The lowest BCUT2D eigenvalue weighted by molar-refractivity contribution is -0.126. The third-order valence-electron chi connectivity index (χ3n) is 6.64. The second kappa shape index (κ2) is 10.3. The second-order valence-electron chi connectivity index (χ2n) is 9.50. The van der Waals surface area contributed by atoms with Gasteiger partial charge >= 0.3 is 0 Å². The molecule has 0 unspecified atom stereocenters. The summed E-state index contributed by atoms with van der Waals surface area (Å²) in [7, 11) is 0. The fourth-order valence-corrected chi connectivity index (χ4v) is 5.86. The smallest absolute Gasteiger partial charge is 0.248 e. The van der Waals surface area contributed by atoms with Crippen LogP contribution in [0.25, 0.3) is 5.69 Å². The highest BCUT2D eigenvalue weighted by Crippen LogP contribution is 2.41. The summed E-state index contributed by atoms with van der Waals surface area (Å²) in [6.07, 6.45) is 0. The van der Waals surface area contributed by atoms with Crippen LogP contribution in [0, 0.1) is 27.7 Å². The number of carbonyl (C=O) groups is 2. The molecule has 0 radical (unpaired) electrons. The largest absolute Gasteiger partial charge is 0.350 e. The number of benzene rings is 3. The van der Waals surface area contributed by atoms with Gasteiger partial charge in [-0.3, -0.25) is 14.5 Å². The number of anilines is 1. The molecule has 0 saturated heterocycles. The number of aryl methyl sites for hydroxylation is 4. The highest BCUT2D eigenvalue weighted by Gasteiger charge is 2.40. The van der Waals surface area contributed by atoms with E-state index in [1.54, 1.807) is 4.90 Å². The Morgan fingerprint density at radius 3 is 2.38 bits per heavy atom. The number of hydrogen-bond acceptors (Lipinski definition) is 4. The first-order valence-electron chi connectivity index (χ1n) is 12.3. The number of carbonyl (C=O) groups excluding carboxylic acids is 2. The zero-order chi connectivity index (χ0) is 26.1. The molecule has 4 aromatic rings. The van der Waals surface area contributed by atoms with Gasteiger partial charge in [-0.2, -0.15) is 5.10 Å². The quantitative estimate of drug-likeness (QED) is 0.379. The summed E-state index contributed by atoms with van der Waals surface area (Å²) in [5.41, 5.74) is 7.35. The SMILES string of the molecule is Cc1ccc(CNC(=O)[C@H]2c3c(C)nn(-c4ccccc4)c3SCC(=O)N2c2ccc(C)cc2C)cc1. The molecular formula is C30H30N4O2S. The van der Waals surface area contributed by atoms with E-state index in [9.17, 15) is 9.59 Å². The van der Waals surface area contributed by atoms with Crippen LogP contribution in [0.1, 0.15) is 39.6 Å². The monoisotopic (exact) mass is 510 g/mol. The molecule has 0 bridgehead atoms. The van der Waals surface area contributed by atoms with Crippen LogP contribution >= 0.6 is 11.8 Å². The van der Waals surface area contributed by atoms with Crippen LogP contribution in [0.2, 0.25) is 0 Å². The van der Waals surface area contributed by atoms with Gasteiger partial charge in [-0.05, 0) is 57.0 Å². The van der Waals surface area contributed by atoms with Crippen molar-refractivity contribution in [1.29, 1.82) is 0 Å². The molecule has 188 valence electrons. The predicted octanol–water partition coefficient (Wildman–Crippen LogP) is 5.60. The van der Waals surface area contributed by atoms with E-state index in [-0.39, 0.29) is 17.6 Å². The van der Waals surface area contributed by atoms with Crippen molar-refractivity contribution in [2.45, 2.75) is 45.3 Å². The lowest BCUT2D eigenvalue weighted by Crippen LogP contribution is -2.44. The van der Waals surface area contributed by atoms with Crippen LogP contribution in [0.15, 0.2) is 77.8 Å². The van der Waals surface area contributed by atoms with E-state index in [0.29, 0.717) is 6.54 Å². The molecule has 0 fully saturated rings. The van der Waals surface area contributed by atoms with Crippen LogP contribution in [0.3, 0.4) is 0 Å². The van der Waals surface area contributed by atoms with Crippen molar-refractivity contribution in [1.82, 2.24) is 15.1 Å². The number of nitrogens with zero attached hydrogens (tertiary/aromatic N) is 3. The zero-order valence-corrected chi connectivity index (χ0v) is 22.3. The molecule has 0 spiro atoms. The van der Waals surface area contributed by atoms with Crippen molar-refractivity contribution >= 4 is 29.3 Å². The first kappa shape index (κ1) is 24.8. The standard InChI is InChI=1S/C30H30N4O2S/c1-19-10-13-23(14-11-19)17-31-29(36)28-27-22(4)32-34(24-8-6-5-7-9-24)30(27)37-18-26(35)33(28)25-15-12-20(2)16-21(25)3/h5-16,28H,17-18H2,1-4H3,(H,31,36)/t28-/m1/s1. The van der Waals surface area contributed by atoms with Crippen LogP contribution in [-0.4, -0.2) is 27.3 Å². The third-order valence-corrected chi connectivity index (χ3v) is 7.70. The molecule has 1 N–H and O–H groups in total. The molecule has 1 atom stereocenters. The van der Waals surface area contributed by atoms with Gasteiger partial charge in [-0.25, -0.2) is 4.68 Å². The summed E-state index contributed by atoms with van der Waals surface area (Å²) in [6.45, 7) is 8.33. The minimum Gasteiger partial charge on any atom is -0.350 e. The molecule has 0 saturated carbocycles. The number of thioether (sulfide) groups is 1. The summed E-state index contributed by atoms with van der Waals surface area (Å²) in [5, 5.41) is 8.76. The summed E-state index contributed by atoms with van der Waals surface area (Å²) < 4.78 is 1.86. The lowest BCUT2D eigenvalue weighted by atomic mass is 10.0. The first-order valence-corrected chi connectivity index (χ1v) is 13.3. The summed E-state index contributed by atoms with van der Waals surface area (Å²) in [5.74, 6) is -0.129. The Morgan fingerprint density at radius 1 is 0.973 bits per heavy atom. The Balaban J connectivity index is 1.62. The van der Waals surface area contributed by atoms with Gasteiger partial charge in [0.05, 0.1) is 17.1 Å². The highest BCUT2D eigenvalue weighted by atomic mass is 32.2. The maximum Gasteiger partial charge on any atom is 0.248 e. The maximum atomic E-state index is 14.0. The van der Waals surface area contributed by atoms with Gasteiger partial charge in [0.2, 0.25) is 11.8 Å². The fourth-order valence-electron chi connectivity index (χ4n) is 4.78. The first-order chi connectivity index (χ1) is 17.8. The van der Waals surface area contributed by atoms with Gasteiger partial charge < -0.3 is 5.32 Å². The summed E-state index contributed by atoms with van der Waals surface area (Å²) in [6, 6.07) is 23.0. The third kappa shape index (κ3) is 4.91. The van der Waals surface area contributed by atoms with Gasteiger partial charge in [0.15, 0.2) is 0 Å².